The van der Waals surface area contributed by atoms with E-state index in [0.29, 0.717) is 6.61 Å². The first-order chi connectivity index (χ1) is 7.18. The van der Waals surface area contributed by atoms with E-state index in [4.69, 9.17) is 10.5 Å². The Hall–Kier alpha value is -0.800. The average Bonchev–Trinajstić information content (AvgIpc) is 2.58. The van der Waals surface area contributed by atoms with E-state index in [2.05, 4.69) is 28.6 Å². The molecule has 15 heavy (non-hydrogen) atoms. The van der Waals surface area contributed by atoms with Crippen molar-refractivity contribution in [2.24, 2.45) is 5.73 Å². The number of ether oxygens (including phenoxy) is 1. The van der Waals surface area contributed by atoms with E-state index in [1.165, 1.54) is 11.1 Å². The summed E-state index contributed by atoms with van der Waals surface area (Å²) in [5, 5.41) is 0. The first-order valence-electron chi connectivity index (χ1n) is 5.02. The molecule has 0 fully saturated rings. The van der Waals surface area contributed by atoms with E-state index in [1.807, 2.05) is 12.1 Å². The Kier molecular flexibility index (Phi) is 3.12. The molecule has 80 valence electrons. The van der Waals surface area contributed by atoms with Crippen LogP contribution < -0.4 is 10.5 Å². The zero-order valence-electron chi connectivity index (χ0n) is 8.50. The number of hydrogen-bond acceptors (Lipinski definition) is 2. The molecule has 0 saturated carbocycles. The predicted molar refractivity (Wildman–Crippen MR) is 65.3 cm³/mol. The van der Waals surface area contributed by atoms with Crippen molar-refractivity contribution in [2.75, 3.05) is 6.61 Å². The van der Waals surface area contributed by atoms with Crippen LogP contribution in [-0.2, 0) is 6.42 Å². The standard InChI is InChI=1S/C12H14BrNO/c1-8(13)7-15-12-4-2-3-9-10(12)5-6-11(9)14/h2-4,11H,1,5-7,14H2. The monoisotopic (exact) mass is 267 g/mol. The Morgan fingerprint density at radius 1 is 1.60 bits per heavy atom. The topological polar surface area (TPSA) is 35.2 Å². The van der Waals surface area contributed by atoms with Crippen LogP contribution in [0.4, 0.5) is 0 Å². The highest BCUT2D eigenvalue weighted by Crippen LogP contribution is 2.35. The van der Waals surface area contributed by atoms with Crippen LogP contribution in [0, 0.1) is 0 Å². The van der Waals surface area contributed by atoms with Gasteiger partial charge in [-0.3, -0.25) is 0 Å². The second-order valence-corrected chi connectivity index (χ2v) is 4.90. The lowest BCUT2D eigenvalue weighted by Crippen LogP contribution is -2.05. The van der Waals surface area contributed by atoms with Gasteiger partial charge >= 0.3 is 0 Å². The van der Waals surface area contributed by atoms with Crippen molar-refractivity contribution in [3.05, 3.63) is 40.4 Å². The van der Waals surface area contributed by atoms with Crippen LogP contribution in [0.3, 0.4) is 0 Å². The summed E-state index contributed by atoms with van der Waals surface area (Å²) in [7, 11) is 0. The lowest BCUT2D eigenvalue weighted by Gasteiger charge is -2.10. The molecule has 2 nitrogen and oxygen atoms in total. The number of benzene rings is 1. The van der Waals surface area contributed by atoms with Gasteiger partial charge in [-0.05, 0) is 30.0 Å². The van der Waals surface area contributed by atoms with Crippen LogP contribution in [0.2, 0.25) is 0 Å². The number of hydrogen-bond donors (Lipinski definition) is 1. The van der Waals surface area contributed by atoms with Crippen molar-refractivity contribution in [2.45, 2.75) is 18.9 Å². The zero-order chi connectivity index (χ0) is 10.8. The van der Waals surface area contributed by atoms with Gasteiger partial charge in [0, 0.05) is 10.5 Å². The summed E-state index contributed by atoms with van der Waals surface area (Å²) in [4.78, 5) is 0. The molecule has 3 heteroatoms. The minimum atomic E-state index is 0.177. The van der Waals surface area contributed by atoms with E-state index < -0.39 is 0 Å². The van der Waals surface area contributed by atoms with Crippen LogP contribution in [0.25, 0.3) is 0 Å². The fourth-order valence-electron chi connectivity index (χ4n) is 1.94. The van der Waals surface area contributed by atoms with Crippen molar-refractivity contribution < 1.29 is 4.74 Å². The molecule has 0 amide bonds. The van der Waals surface area contributed by atoms with E-state index in [-0.39, 0.29) is 6.04 Å². The summed E-state index contributed by atoms with van der Waals surface area (Å²) in [5.74, 6) is 0.945. The molecule has 0 heterocycles. The first kappa shape index (κ1) is 10.7. The second-order valence-electron chi connectivity index (χ2n) is 3.78. The molecule has 1 atom stereocenters. The molecule has 1 aliphatic carbocycles. The van der Waals surface area contributed by atoms with Gasteiger partial charge in [0.2, 0.25) is 0 Å². The van der Waals surface area contributed by atoms with Gasteiger partial charge in [-0.15, -0.1) is 0 Å². The molecule has 1 aromatic carbocycles. The quantitative estimate of drug-likeness (QED) is 0.914. The number of fused-ring (bicyclic) bond motifs is 1. The largest absolute Gasteiger partial charge is 0.488 e. The Morgan fingerprint density at radius 2 is 2.40 bits per heavy atom. The summed E-state index contributed by atoms with van der Waals surface area (Å²) in [6.07, 6.45) is 2.03. The molecule has 1 aliphatic rings. The Morgan fingerprint density at radius 3 is 3.13 bits per heavy atom. The fourth-order valence-corrected chi connectivity index (χ4v) is 2.06. The third-order valence-corrected chi connectivity index (χ3v) is 2.89. The van der Waals surface area contributed by atoms with Gasteiger partial charge in [0.15, 0.2) is 0 Å². The van der Waals surface area contributed by atoms with Gasteiger partial charge in [-0.2, -0.15) is 0 Å². The molecule has 0 radical (unpaired) electrons. The Balaban J connectivity index is 2.22. The number of halogens is 1. The van der Waals surface area contributed by atoms with Gasteiger partial charge in [0.1, 0.15) is 12.4 Å². The summed E-state index contributed by atoms with van der Waals surface area (Å²) in [5.41, 5.74) is 8.48. The normalized spacial score (nSPS) is 18.7. The van der Waals surface area contributed by atoms with Gasteiger partial charge < -0.3 is 10.5 Å². The summed E-state index contributed by atoms with van der Waals surface area (Å²) < 4.78 is 6.51. The molecular weight excluding hydrogens is 254 g/mol. The van der Waals surface area contributed by atoms with E-state index >= 15 is 0 Å². The molecule has 0 aliphatic heterocycles. The van der Waals surface area contributed by atoms with Gasteiger partial charge in [0.25, 0.3) is 0 Å². The molecule has 0 spiro atoms. The molecular formula is C12H14BrNO. The molecule has 0 saturated heterocycles. The zero-order valence-corrected chi connectivity index (χ0v) is 10.1. The summed E-state index contributed by atoms with van der Waals surface area (Å²) in [6.45, 7) is 4.25. The minimum Gasteiger partial charge on any atom is -0.488 e. The van der Waals surface area contributed by atoms with Crippen molar-refractivity contribution in [1.82, 2.24) is 0 Å². The number of nitrogens with two attached hydrogens (primary N) is 1. The molecule has 1 unspecified atom stereocenters. The molecule has 1 aromatic rings. The Labute approximate surface area is 98.2 Å². The fraction of sp³-hybridized carbons (Fsp3) is 0.333. The van der Waals surface area contributed by atoms with E-state index in [9.17, 15) is 0 Å². The first-order valence-corrected chi connectivity index (χ1v) is 5.81. The maximum absolute atomic E-state index is 5.99. The van der Waals surface area contributed by atoms with Crippen LogP contribution >= 0.6 is 15.9 Å². The third-order valence-electron chi connectivity index (χ3n) is 2.66. The lowest BCUT2D eigenvalue weighted by atomic mass is 10.1. The van der Waals surface area contributed by atoms with Gasteiger partial charge in [-0.1, -0.05) is 34.6 Å². The van der Waals surface area contributed by atoms with Crippen molar-refractivity contribution in [3.63, 3.8) is 0 Å². The van der Waals surface area contributed by atoms with E-state index in [1.54, 1.807) is 0 Å². The molecule has 0 bridgehead atoms. The molecule has 2 rings (SSSR count). The number of rotatable bonds is 3. The van der Waals surface area contributed by atoms with E-state index in [0.717, 1.165) is 23.1 Å². The molecule has 0 aromatic heterocycles. The summed E-state index contributed by atoms with van der Waals surface area (Å²) in [6, 6.07) is 6.25. The highest BCUT2D eigenvalue weighted by atomic mass is 79.9. The highest BCUT2D eigenvalue weighted by molar-refractivity contribution is 9.11. The Bertz CT molecular complexity index is 389. The van der Waals surface area contributed by atoms with Crippen LogP contribution in [0.1, 0.15) is 23.6 Å². The van der Waals surface area contributed by atoms with Crippen LogP contribution in [-0.4, -0.2) is 6.61 Å². The van der Waals surface area contributed by atoms with Crippen molar-refractivity contribution in [1.29, 1.82) is 0 Å². The smallest absolute Gasteiger partial charge is 0.123 e. The highest BCUT2D eigenvalue weighted by Gasteiger charge is 2.21. The van der Waals surface area contributed by atoms with Crippen molar-refractivity contribution in [3.8, 4) is 5.75 Å². The maximum atomic E-state index is 5.99. The average molecular weight is 268 g/mol. The van der Waals surface area contributed by atoms with Crippen LogP contribution in [0.5, 0.6) is 5.75 Å². The van der Waals surface area contributed by atoms with Crippen molar-refractivity contribution >= 4 is 15.9 Å². The van der Waals surface area contributed by atoms with Gasteiger partial charge in [-0.25, -0.2) is 0 Å². The SMILES string of the molecule is C=C(Br)COc1cccc2c1CCC2N. The maximum Gasteiger partial charge on any atom is 0.123 e. The predicted octanol–water partition coefficient (Wildman–Crippen LogP) is 2.92. The second kappa shape index (κ2) is 4.37. The lowest BCUT2D eigenvalue weighted by molar-refractivity contribution is 0.357. The third kappa shape index (κ3) is 2.24. The molecule has 2 N–H and O–H groups in total. The minimum absolute atomic E-state index is 0.177. The van der Waals surface area contributed by atoms with Crippen LogP contribution in [0.15, 0.2) is 29.3 Å². The van der Waals surface area contributed by atoms with Gasteiger partial charge in [0.05, 0.1) is 0 Å². The summed E-state index contributed by atoms with van der Waals surface area (Å²) >= 11 is 3.28.